The first-order valence-electron chi connectivity index (χ1n) is 10.4. The summed E-state index contributed by atoms with van der Waals surface area (Å²) in [5.74, 6) is 3.89. The molecule has 4 aliphatic rings. The van der Waals surface area contributed by atoms with E-state index in [9.17, 15) is 9.90 Å². The maximum absolute atomic E-state index is 12.2. The van der Waals surface area contributed by atoms with Crippen LogP contribution in [0, 0.1) is 40.4 Å². The van der Waals surface area contributed by atoms with Crippen LogP contribution in [0.2, 0.25) is 0 Å². The van der Waals surface area contributed by atoms with Gasteiger partial charge in [-0.25, -0.2) is 0 Å². The SMILES string of the molecule is CC(=O)[C@@H]1CC[C@H]2[C@@H]3CC[C@H]4C[C@](C)(O)CC[C@]4(C)[C@H]3CC[C@]12C. The van der Waals surface area contributed by atoms with E-state index < -0.39 is 5.60 Å². The molecule has 0 spiro atoms. The van der Waals surface area contributed by atoms with Crippen molar-refractivity contribution < 1.29 is 9.90 Å². The average Bonchev–Trinajstić information content (AvgIpc) is 2.85. The lowest BCUT2D eigenvalue weighted by molar-refractivity contribution is -0.150. The van der Waals surface area contributed by atoms with E-state index in [0.29, 0.717) is 23.0 Å². The molecule has 0 saturated heterocycles. The molecule has 4 saturated carbocycles. The summed E-state index contributed by atoms with van der Waals surface area (Å²) >= 11 is 0. The van der Waals surface area contributed by atoms with E-state index in [1.54, 1.807) is 0 Å². The first-order chi connectivity index (χ1) is 11.2. The second-order valence-corrected chi connectivity index (χ2v) is 10.6. The molecule has 2 heteroatoms. The lowest BCUT2D eigenvalue weighted by Crippen LogP contribution is -2.55. The van der Waals surface area contributed by atoms with Crippen LogP contribution < -0.4 is 0 Å². The molecule has 0 radical (unpaired) electrons. The summed E-state index contributed by atoms with van der Waals surface area (Å²) in [6.07, 6.45) is 10.8. The molecule has 0 bridgehead atoms. The van der Waals surface area contributed by atoms with Gasteiger partial charge in [0.15, 0.2) is 0 Å². The number of rotatable bonds is 1. The van der Waals surface area contributed by atoms with Crippen LogP contribution in [0.25, 0.3) is 0 Å². The first-order valence-corrected chi connectivity index (χ1v) is 10.4. The standard InChI is InChI=1S/C22H36O2/c1-14(23)17-7-8-18-16-6-5-15-13-20(2,24)11-12-21(15,3)19(16)9-10-22(17,18)4/h15-19,24H,5-13H2,1-4H3/t15-,16-,17-,18-,19-,20+,21-,22+/m0/s1. The van der Waals surface area contributed by atoms with Gasteiger partial charge in [0.25, 0.3) is 0 Å². The van der Waals surface area contributed by atoms with Gasteiger partial charge in [-0.2, -0.15) is 0 Å². The minimum absolute atomic E-state index is 0.274. The molecule has 0 aromatic heterocycles. The Bertz CT molecular complexity index is 538. The molecule has 0 amide bonds. The van der Waals surface area contributed by atoms with Crippen LogP contribution in [0.5, 0.6) is 0 Å². The summed E-state index contributed by atoms with van der Waals surface area (Å²) in [4.78, 5) is 12.2. The van der Waals surface area contributed by atoms with Crippen molar-refractivity contribution in [1.29, 1.82) is 0 Å². The van der Waals surface area contributed by atoms with Crippen molar-refractivity contribution in [3.05, 3.63) is 0 Å². The van der Waals surface area contributed by atoms with Gasteiger partial charge in [-0.15, -0.1) is 0 Å². The number of ketones is 1. The second kappa shape index (κ2) is 5.32. The smallest absolute Gasteiger partial charge is 0.133 e. The van der Waals surface area contributed by atoms with E-state index in [2.05, 4.69) is 13.8 Å². The molecule has 4 aliphatic carbocycles. The zero-order valence-electron chi connectivity index (χ0n) is 16.1. The van der Waals surface area contributed by atoms with Crippen LogP contribution in [-0.2, 0) is 4.79 Å². The molecule has 0 aromatic carbocycles. The Morgan fingerprint density at radius 3 is 2.29 bits per heavy atom. The fourth-order valence-electron chi connectivity index (χ4n) is 8.10. The molecule has 0 aromatic rings. The fourth-order valence-corrected chi connectivity index (χ4v) is 8.10. The number of aliphatic hydroxyl groups is 1. The highest BCUT2D eigenvalue weighted by molar-refractivity contribution is 5.79. The number of fused-ring (bicyclic) bond motifs is 5. The van der Waals surface area contributed by atoms with Gasteiger partial charge in [-0.3, -0.25) is 4.79 Å². The Hall–Kier alpha value is -0.370. The summed E-state index contributed by atoms with van der Waals surface area (Å²) in [7, 11) is 0. The van der Waals surface area contributed by atoms with Crippen LogP contribution in [0.15, 0.2) is 0 Å². The molecular weight excluding hydrogens is 296 g/mol. The molecule has 0 heterocycles. The van der Waals surface area contributed by atoms with Crippen LogP contribution in [0.3, 0.4) is 0 Å². The number of carbonyl (C=O) groups excluding carboxylic acids is 1. The van der Waals surface area contributed by atoms with Gasteiger partial charge >= 0.3 is 0 Å². The Balaban J connectivity index is 1.61. The van der Waals surface area contributed by atoms with Crippen molar-refractivity contribution in [2.24, 2.45) is 40.4 Å². The number of Topliss-reactive ketones (excluding diaryl/α,β-unsaturated/α-hetero) is 1. The normalized spacial score (nSPS) is 57.0. The van der Waals surface area contributed by atoms with Gasteiger partial charge in [-0.05, 0) is 106 Å². The molecule has 4 rings (SSSR count). The van der Waals surface area contributed by atoms with Crippen molar-refractivity contribution in [1.82, 2.24) is 0 Å². The summed E-state index contributed by atoms with van der Waals surface area (Å²) in [6, 6.07) is 0. The molecule has 136 valence electrons. The van der Waals surface area contributed by atoms with Gasteiger partial charge in [0.2, 0.25) is 0 Å². The third-order valence-electron chi connectivity index (χ3n) is 9.44. The zero-order valence-corrected chi connectivity index (χ0v) is 16.1. The highest BCUT2D eigenvalue weighted by Crippen LogP contribution is 2.68. The van der Waals surface area contributed by atoms with Crippen LogP contribution in [0.1, 0.15) is 85.5 Å². The van der Waals surface area contributed by atoms with Gasteiger partial charge in [0.05, 0.1) is 5.60 Å². The summed E-state index contributed by atoms with van der Waals surface area (Å²) < 4.78 is 0. The van der Waals surface area contributed by atoms with Crippen molar-refractivity contribution >= 4 is 5.78 Å². The van der Waals surface area contributed by atoms with E-state index >= 15 is 0 Å². The van der Waals surface area contributed by atoms with Gasteiger partial charge in [0, 0.05) is 5.92 Å². The lowest BCUT2D eigenvalue weighted by Gasteiger charge is -2.61. The maximum Gasteiger partial charge on any atom is 0.133 e. The molecule has 2 nitrogen and oxygen atoms in total. The van der Waals surface area contributed by atoms with Crippen molar-refractivity contribution in [2.45, 2.75) is 91.1 Å². The molecular formula is C22H36O2. The van der Waals surface area contributed by atoms with E-state index in [1.807, 2.05) is 13.8 Å². The third kappa shape index (κ3) is 2.27. The maximum atomic E-state index is 12.2. The quantitative estimate of drug-likeness (QED) is 0.735. The van der Waals surface area contributed by atoms with E-state index in [-0.39, 0.29) is 5.41 Å². The largest absolute Gasteiger partial charge is 0.390 e. The van der Waals surface area contributed by atoms with E-state index in [1.165, 1.54) is 38.5 Å². The molecule has 4 fully saturated rings. The highest BCUT2D eigenvalue weighted by Gasteiger charge is 2.61. The molecule has 24 heavy (non-hydrogen) atoms. The summed E-state index contributed by atoms with van der Waals surface area (Å²) in [5.41, 5.74) is 0.268. The third-order valence-corrected chi connectivity index (χ3v) is 9.44. The minimum atomic E-state index is -0.437. The minimum Gasteiger partial charge on any atom is -0.390 e. The second-order valence-electron chi connectivity index (χ2n) is 10.6. The average molecular weight is 333 g/mol. The number of hydrogen-bond acceptors (Lipinski definition) is 2. The number of hydrogen-bond donors (Lipinski definition) is 1. The summed E-state index contributed by atoms with van der Waals surface area (Å²) in [5, 5.41) is 10.6. The monoisotopic (exact) mass is 332 g/mol. The Labute approximate surface area is 147 Å². The first kappa shape index (κ1) is 17.1. The highest BCUT2D eigenvalue weighted by atomic mass is 16.3. The van der Waals surface area contributed by atoms with Crippen LogP contribution in [0.4, 0.5) is 0 Å². The predicted molar refractivity (Wildman–Crippen MR) is 96.5 cm³/mol. The van der Waals surface area contributed by atoms with E-state index in [0.717, 1.165) is 37.0 Å². The Kier molecular flexibility index (Phi) is 3.78. The Morgan fingerprint density at radius 2 is 1.58 bits per heavy atom. The zero-order chi connectivity index (χ0) is 17.3. The van der Waals surface area contributed by atoms with Gasteiger partial charge in [-0.1, -0.05) is 13.8 Å². The number of carbonyl (C=O) groups is 1. The van der Waals surface area contributed by atoms with Crippen molar-refractivity contribution in [3.8, 4) is 0 Å². The van der Waals surface area contributed by atoms with Crippen LogP contribution >= 0.6 is 0 Å². The molecule has 1 N–H and O–H groups in total. The van der Waals surface area contributed by atoms with E-state index in [4.69, 9.17) is 0 Å². The van der Waals surface area contributed by atoms with Crippen LogP contribution in [-0.4, -0.2) is 16.5 Å². The molecule has 8 atom stereocenters. The molecule has 0 unspecified atom stereocenters. The fraction of sp³-hybridized carbons (Fsp3) is 0.955. The Morgan fingerprint density at radius 1 is 0.875 bits per heavy atom. The van der Waals surface area contributed by atoms with Crippen molar-refractivity contribution in [3.63, 3.8) is 0 Å². The summed E-state index contributed by atoms with van der Waals surface area (Å²) in [6.45, 7) is 8.85. The van der Waals surface area contributed by atoms with Gasteiger partial charge in [0.1, 0.15) is 5.78 Å². The lowest BCUT2D eigenvalue weighted by atomic mass is 9.44. The molecule has 0 aliphatic heterocycles. The van der Waals surface area contributed by atoms with Gasteiger partial charge < -0.3 is 5.11 Å². The van der Waals surface area contributed by atoms with Crippen molar-refractivity contribution in [2.75, 3.05) is 0 Å². The predicted octanol–water partition coefficient (Wildman–Crippen LogP) is 4.99. The topological polar surface area (TPSA) is 37.3 Å².